The minimum absolute atomic E-state index is 0.0796. The SMILES string of the molecule is CC(NC(=O)CCc1ccc(C#N)cc1)c1ccc(S(C)(=O)=O)cc1. The van der Waals surface area contributed by atoms with Crippen LogP contribution in [0.5, 0.6) is 0 Å². The maximum absolute atomic E-state index is 12.1. The van der Waals surface area contributed by atoms with Gasteiger partial charge >= 0.3 is 0 Å². The number of nitriles is 1. The van der Waals surface area contributed by atoms with E-state index in [1.807, 2.05) is 19.1 Å². The molecule has 0 radical (unpaired) electrons. The fourth-order valence-corrected chi connectivity index (χ4v) is 3.03. The van der Waals surface area contributed by atoms with Crippen LogP contribution in [-0.2, 0) is 21.1 Å². The van der Waals surface area contributed by atoms with Gasteiger partial charge in [-0.05, 0) is 48.7 Å². The van der Waals surface area contributed by atoms with Crippen molar-refractivity contribution in [1.29, 1.82) is 5.26 Å². The van der Waals surface area contributed by atoms with Crippen LogP contribution in [-0.4, -0.2) is 20.6 Å². The molecule has 0 bridgehead atoms. The molecule has 0 saturated heterocycles. The van der Waals surface area contributed by atoms with Crippen molar-refractivity contribution in [2.45, 2.75) is 30.7 Å². The number of hydrogen-bond acceptors (Lipinski definition) is 4. The van der Waals surface area contributed by atoms with Gasteiger partial charge in [0.1, 0.15) is 0 Å². The highest BCUT2D eigenvalue weighted by Gasteiger charge is 2.12. The van der Waals surface area contributed by atoms with Gasteiger partial charge < -0.3 is 5.32 Å². The lowest BCUT2D eigenvalue weighted by atomic mass is 10.1. The number of rotatable bonds is 6. The van der Waals surface area contributed by atoms with E-state index in [9.17, 15) is 13.2 Å². The van der Waals surface area contributed by atoms with Gasteiger partial charge in [-0.3, -0.25) is 4.79 Å². The van der Waals surface area contributed by atoms with Gasteiger partial charge in [-0.2, -0.15) is 5.26 Å². The number of carbonyl (C=O) groups excluding carboxylic acids is 1. The first-order valence-electron chi connectivity index (χ1n) is 7.88. The fourth-order valence-electron chi connectivity index (χ4n) is 2.40. The molecule has 130 valence electrons. The zero-order chi connectivity index (χ0) is 18.4. The smallest absolute Gasteiger partial charge is 0.220 e. The monoisotopic (exact) mass is 356 g/mol. The van der Waals surface area contributed by atoms with Gasteiger partial charge in [0.15, 0.2) is 9.84 Å². The zero-order valence-corrected chi connectivity index (χ0v) is 15.0. The Bertz CT molecular complexity index is 880. The number of aryl methyl sites for hydroxylation is 1. The van der Waals surface area contributed by atoms with Gasteiger partial charge in [0, 0.05) is 12.7 Å². The molecule has 1 amide bonds. The van der Waals surface area contributed by atoms with E-state index in [1.165, 1.54) is 0 Å². The summed E-state index contributed by atoms with van der Waals surface area (Å²) < 4.78 is 22.9. The van der Waals surface area contributed by atoms with E-state index in [4.69, 9.17) is 5.26 Å². The molecule has 6 heteroatoms. The minimum atomic E-state index is -3.22. The van der Waals surface area contributed by atoms with Crippen molar-refractivity contribution in [2.24, 2.45) is 0 Å². The summed E-state index contributed by atoms with van der Waals surface area (Å²) in [5.74, 6) is -0.0796. The van der Waals surface area contributed by atoms with Crippen LogP contribution < -0.4 is 5.32 Å². The normalized spacial score (nSPS) is 12.2. The molecule has 0 aliphatic carbocycles. The topological polar surface area (TPSA) is 87.0 Å². The number of sulfone groups is 1. The van der Waals surface area contributed by atoms with E-state index in [0.717, 1.165) is 17.4 Å². The molecule has 2 aromatic carbocycles. The summed E-state index contributed by atoms with van der Waals surface area (Å²) in [6, 6.07) is 15.5. The Morgan fingerprint density at radius 1 is 1.12 bits per heavy atom. The van der Waals surface area contributed by atoms with Gasteiger partial charge in [0.05, 0.1) is 22.6 Å². The predicted molar refractivity (Wildman–Crippen MR) is 95.6 cm³/mol. The third-order valence-corrected chi connectivity index (χ3v) is 5.04. The molecular formula is C19H20N2O3S. The van der Waals surface area contributed by atoms with E-state index in [0.29, 0.717) is 18.4 Å². The summed E-state index contributed by atoms with van der Waals surface area (Å²) in [6.45, 7) is 1.86. The van der Waals surface area contributed by atoms with Crippen LogP contribution in [0.1, 0.15) is 36.1 Å². The zero-order valence-electron chi connectivity index (χ0n) is 14.2. The maximum Gasteiger partial charge on any atom is 0.220 e. The second-order valence-electron chi connectivity index (χ2n) is 5.94. The van der Waals surface area contributed by atoms with Crippen molar-refractivity contribution < 1.29 is 13.2 Å². The summed E-state index contributed by atoms with van der Waals surface area (Å²) >= 11 is 0. The molecule has 0 aromatic heterocycles. The highest BCUT2D eigenvalue weighted by molar-refractivity contribution is 7.90. The second-order valence-corrected chi connectivity index (χ2v) is 7.95. The molecule has 2 rings (SSSR count). The summed E-state index contributed by atoms with van der Waals surface area (Å²) in [5.41, 5.74) is 2.44. The molecule has 25 heavy (non-hydrogen) atoms. The van der Waals surface area contributed by atoms with Gasteiger partial charge in [-0.15, -0.1) is 0 Å². The van der Waals surface area contributed by atoms with Gasteiger partial charge in [0.2, 0.25) is 5.91 Å². The third kappa shape index (κ3) is 5.44. The summed E-state index contributed by atoms with van der Waals surface area (Å²) in [7, 11) is -3.22. The molecule has 0 heterocycles. The van der Waals surface area contributed by atoms with Crippen molar-refractivity contribution >= 4 is 15.7 Å². The number of nitrogens with zero attached hydrogens (tertiary/aromatic N) is 1. The van der Waals surface area contributed by atoms with E-state index < -0.39 is 9.84 Å². The minimum Gasteiger partial charge on any atom is -0.350 e. The quantitative estimate of drug-likeness (QED) is 0.862. The molecule has 0 spiro atoms. The highest BCUT2D eigenvalue weighted by Crippen LogP contribution is 2.16. The lowest BCUT2D eigenvalue weighted by Gasteiger charge is -2.15. The van der Waals surface area contributed by atoms with Gasteiger partial charge in [-0.25, -0.2) is 8.42 Å². The van der Waals surface area contributed by atoms with Crippen LogP contribution in [0.4, 0.5) is 0 Å². The maximum atomic E-state index is 12.1. The first-order valence-corrected chi connectivity index (χ1v) is 9.77. The largest absolute Gasteiger partial charge is 0.350 e. The van der Waals surface area contributed by atoms with E-state index in [2.05, 4.69) is 11.4 Å². The molecule has 0 aliphatic rings. The second kappa shape index (κ2) is 7.95. The van der Waals surface area contributed by atoms with Crippen LogP contribution in [0, 0.1) is 11.3 Å². The molecular weight excluding hydrogens is 336 g/mol. The number of carbonyl (C=O) groups is 1. The fraction of sp³-hybridized carbons (Fsp3) is 0.263. The first kappa shape index (κ1) is 18.7. The van der Waals surface area contributed by atoms with Crippen LogP contribution in [0.15, 0.2) is 53.4 Å². The number of hydrogen-bond donors (Lipinski definition) is 1. The van der Waals surface area contributed by atoms with Crippen molar-refractivity contribution in [3.8, 4) is 6.07 Å². The Labute approximate surface area is 148 Å². The third-order valence-electron chi connectivity index (χ3n) is 3.91. The lowest BCUT2D eigenvalue weighted by Crippen LogP contribution is -2.26. The lowest BCUT2D eigenvalue weighted by molar-refractivity contribution is -0.121. The van der Waals surface area contributed by atoms with Crippen LogP contribution >= 0.6 is 0 Å². The molecule has 1 N–H and O–H groups in total. The highest BCUT2D eigenvalue weighted by atomic mass is 32.2. The average Bonchev–Trinajstić information content (AvgIpc) is 2.59. The van der Waals surface area contributed by atoms with Crippen molar-refractivity contribution in [3.05, 3.63) is 65.2 Å². The summed E-state index contributed by atoms with van der Waals surface area (Å²) in [4.78, 5) is 12.3. The average molecular weight is 356 g/mol. The van der Waals surface area contributed by atoms with Gasteiger partial charge in [0.25, 0.3) is 0 Å². The molecule has 0 saturated carbocycles. The van der Waals surface area contributed by atoms with Crippen LogP contribution in [0.25, 0.3) is 0 Å². The molecule has 5 nitrogen and oxygen atoms in total. The number of amides is 1. The number of benzene rings is 2. The first-order chi connectivity index (χ1) is 11.8. The Hall–Kier alpha value is -2.65. The molecule has 2 aromatic rings. The van der Waals surface area contributed by atoms with E-state index in [-0.39, 0.29) is 16.8 Å². The Morgan fingerprint density at radius 2 is 1.72 bits per heavy atom. The summed E-state index contributed by atoms with van der Waals surface area (Å²) in [5, 5.41) is 11.7. The molecule has 1 unspecified atom stereocenters. The van der Waals surface area contributed by atoms with Gasteiger partial charge in [-0.1, -0.05) is 24.3 Å². The Morgan fingerprint density at radius 3 is 2.24 bits per heavy atom. The van der Waals surface area contributed by atoms with E-state index >= 15 is 0 Å². The Balaban J connectivity index is 1.90. The predicted octanol–water partition coefficient (Wildman–Crippen LogP) is 2.77. The van der Waals surface area contributed by atoms with Crippen LogP contribution in [0.3, 0.4) is 0 Å². The van der Waals surface area contributed by atoms with Crippen molar-refractivity contribution in [1.82, 2.24) is 5.32 Å². The van der Waals surface area contributed by atoms with Crippen molar-refractivity contribution in [2.75, 3.05) is 6.26 Å². The summed E-state index contributed by atoms with van der Waals surface area (Å²) in [6.07, 6.45) is 2.10. The molecule has 1 atom stereocenters. The molecule has 0 fully saturated rings. The molecule has 0 aliphatic heterocycles. The van der Waals surface area contributed by atoms with E-state index in [1.54, 1.807) is 36.4 Å². The van der Waals surface area contributed by atoms with Crippen molar-refractivity contribution in [3.63, 3.8) is 0 Å². The number of nitrogens with one attached hydrogen (secondary N) is 1. The van der Waals surface area contributed by atoms with Crippen LogP contribution in [0.2, 0.25) is 0 Å². The standard InChI is InChI=1S/C19H20N2O3S/c1-14(17-8-10-18(11-9-17)25(2,23)24)21-19(22)12-7-15-3-5-16(13-20)6-4-15/h3-6,8-11,14H,7,12H2,1-2H3,(H,21,22). The Kier molecular flexibility index (Phi) is 5.94.